The van der Waals surface area contributed by atoms with Gasteiger partial charge in [-0.2, -0.15) is 4.98 Å². The fourth-order valence-corrected chi connectivity index (χ4v) is 1.34. The van der Waals surface area contributed by atoms with Gasteiger partial charge in [0.15, 0.2) is 0 Å². The molecule has 0 N–H and O–H groups in total. The van der Waals surface area contributed by atoms with Crippen molar-refractivity contribution in [3.05, 3.63) is 34.4 Å². The van der Waals surface area contributed by atoms with Crippen LogP contribution in [0.3, 0.4) is 0 Å². The maximum absolute atomic E-state index is 12.9. The monoisotopic (exact) mass is 232 g/mol. The predicted octanol–water partition coefficient (Wildman–Crippen LogP) is 3.18. The lowest BCUT2D eigenvalue weighted by atomic mass is 10.2. The van der Waals surface area contributed by atoms with Gasteiger partial charge in [-0.1, -0.05) is 16.8 Å². The highest BCUT2D eigenvalue weighted by molar-refractivity contribution is 6.30. The van der Waals surface area contributed by atoms with Gasteiger partial charge in [-0.15, -0.1) is 0 Å². The molecule has 6 heteroatoms. The molecule has 0 saturated carbocycles. The molecule has 1 aromatic carbocycles. The van der Waals surface area contributed by atoms with Crippen molar-refractivity contribution in [3.63, 3.8) is 0 Å². The molecule has 2 aromatic rings. The van der Waals surface area contributed by atoms with E-state index in [1.54, 1.807) is 0 Å². The molecule has 0 fully saturated rings. The molecule has 0 spiro atoms. The number of nitrogens with zero attached hydrogens (tertiary/aromatic N) is 2. The molecule has 0 unspecified atom stereocenters. The second kappa shape index (κ2) is 3.55. The van der Waals surface area contributed by atoms with Gasteiger partial charge in [0.25, 0.3) is 0 Å². The van der Waals surface area contributed by atoms with Gasteiger partial charge >= 0.3 is 5.35 Å². The molecule has 0 bridgehead atoms. The van der Waals surface area contributed by atoms with Crippen LogP contribution in [0.15, 0.2) is 22.7 Å². The summed E-state index contributed by atoms with van der Waals surface area (Å²) in [5, 5.41) is 3.69. The van der Waals surface area contributed by atoms with E-state index in [0.717, 1.165) is 0 Å². The first-order chi connectivity index (χ1) is 6.65. The molecular weight excluding hydrogens is 230 g/mol. The van der Waals surface area contributed by atoms with E-state index in [1.165, 1.54) is 18.2 Å². The third-order valence-corrected chi connectivity index (χ3v) is 1.89. The minimum atomic E-state index is -0.464. The SMILES string of the molecule is Fc1cc(Cl)cc(-c2noc(Cl)n2)c1. The lowest BCUT2D eigenvalue weighted by molar-refractivity contribution is 0.421. The summed E-state index contributed by atoms with van der Waals surface area (Å²) in [4.78, 5) is 3.73. The van der Waals surface area contributed by atoms with Gasteiger partial charge in [0, 0.05) is 10.6 Å². The maximum Gasteiger partial charge on any atom is 0.320 e. The summed E-state index contributed by atoms with van der Waals surface area (Å²) in [5.74, 6) is -0.259. The molecule has 2 rings (SSSR count). The predicted molar refractivity (Wildman–Crippen MR) is 49.7 cm³/mol. The van der Waals surface area contributed by atoms with E-state index in [-0.39, 0.29) is 16.2 Å². The topological polar surface area (TPSA) is 38.9 Å². The van der Waals surface area contributed by atoms with Crippen molar-refractivity contribution in [2.45, 2.75) is 0 Å². The minimum Gasteiger partial charge on any atom is -0.321 e. The summed E-state index contributed by atoms with van der Waals surface area (Å²) in [6, 6.07) is 3.95. The Labute approximate surface area is 88.4 Å². The second-order valence-electron chi connectivity index (χ2n) is 2.53. The lowest BCUT2D eigenvalue weighted by Crippen LogP contribution is -1.82. The number of hydrogen-bond acceptors (Lipinski definition) is 3. The molecule has 14 heavy (non-hydrogen) atoms. The Bertz CT molecular complexity index is 452. The Hall–Kier alpha value is -1.13. The van der Waals surface area contributed by atoms with E-state index >= 15 is 0 Å². The third-order valence-electron chi connectivity index (χ3n) is 1.52. The summed E-state index contributed by atoms with van der Waals surface area (Å²) < 4.78 is 17.5. The number of hydrogen-bond donors (Lipinski definition) is 0. The number of aromatic nitrogens is 2. The van der Waals surface area contributed by atoms with Crippen LogP contribution in [-0.2, 0) is 0 Å². The molecule has 0 atom stereocenters. The highest BCUT2D eigenvalue weighted by atomic mass is 35.5. The number of benzene rings is 1. The lowest BCUT2D eigenvalue weighted by Gasteiger charge is -1.95. The van der Waals surface area contributed by atoms with E-state index in [0.29, 0.717) is 5.56 Å². The summed E-state index contributed by atoms with van der Waals surface area (Å²) in [6.07, 6.45) is 0. The van der Waals surface area contributed by atoms with E-state index in [1.807, 2.05) is 0 Å². The van der Waals surface area contributed by atoms with Crippen LogP contribution in [0, 0.1) is 5.82 Å². The van der Waals surface area contributed by atoms with Crippen molar-refractivity contribution in [1.82, 2.24) is 10.1 Å². The minimum absolute atomic E-state index is 0.0969. The smallest absolute Gasteiger partial charge is 0.320 e. The Balaban J connectivity index is 2.51. The molecule has 0 aliphatic heterocycles. The van der Waals surface area contributed by atoms with Crippen LogP contribution in [0.25, 0.3) is 11.4 Å². The molecule has 1 heterocycles. The average molecular weight is 233 g/mol. The number of rotatable bonds is 1. The van der Waals surface area contributed by atoms with Crippen molar-refractivity contribution in [2.24, 2.45) is 0 Å². The zero-order chi connectivity index (χ0) is 10.1. The third kappa shape index (κ3) is 1.86. The normalized spacial score (nSPS) is 10.5. The fourth-order valence-electron chi connectivity index (χ4n) is 1.01. The van der Waals surface area contributed by atoms with Gasteiger partial charge in [0.05, 0.1) is 0 Å². The first-order valence-electron chi connectivity index (χ1n) is 3.61. The van der Waals surface area contributed by atoms with Crippen LogP contribution < -0.4 is 0 Å². The molecule has 1 aromatic heterocycles. The largest absolute Gasteiger partial charge is 0.321 e. The van der Waals surface area contributed by atoms with Crippen LogP contribution in [0.5, 0.6) is 0 Å². The maximum atomic E-state index is 12.9. The Morgan fingerprint density at radius 2 is 2.00 bits per heavy atom. The van der Waals surface area contributed by atoms with Gasteiger partial charge in [0.1, 0.15) is 5.82 Å². The molecule has 0 aliphatic rings. The van der Waals surface area contributed by atoms with E-state index < -0.39 is 5.82 Å². The molecule has 0 radical (unpaired) electrons. The van der Waals surface area contributed by atoms with Gasteiger partial charge in [0.2, 0.25) is 5.82 Å². The van der Waals surface area contributed by atoms with Crippen molar-refractivity contribution in [2.75, 3.05) is 0 Å². The second-order valence-corrected chi connectivity index (χ2v) is 3.29. The summed E-state index contributed by atoms with van der Waals surface area (Å²) in [5.41, 5.74) is 0.422. The van der Waals surface area contributed by atoms with Gasteiger partial charge in [-0.3, -0.25) is 0 Å². The van der Waals surface area contributed by atoms with Crippen LogP contribution in [-0.4, -0.2) is 10.1 Å². The first-order valence-corrected chi connectivity index (χ1v) is 4.36. The van der Waals surface area contributed by atoms with E-state index in [9.17, 15) is 4.39 Å². The summed E-state index contributed by atoms with van der Waals surface area (Å²) in [6.45, 7) is 0. The molecule has 0 aliphatic carbocycles. The summed E-state index contributed by atoms with van der Waals surface area (Å²) in [7, 11) is 0. The first kappa shape index (κ1) is 9.43. The van der Waals surface area contributed by atoms with Crippen LogP contribution >= 0.6 is 23.2 Å². The molecule has 3 nitrogen and oxygen atoms in total. The standard InChI is InChI=1S/C8H3Cl2FN2O/c9-5-1-4(2-6(11)3-5)7-12-8(10)14-13-7/h1-3H. The van der Waals surface area contributed by atoms with Gasteiger partial charge < -0.3 is 4.52 Å². The van der Waals surface area contributed by atoms with Crippen molar-refractivity contribution < 1.29 is 8.91 Å². The molecule has 0 saturated heterocycles. The Kier molecular flexibility index (Phi) is 2.39. The average Bonchev–Trinajstić information content (AvgIpc) is 2.50. The van der Waals surface area contributed by atoms with E-state index in [2.05, 4.69) is 14.7 Å². The zero-order valence-electron chi connectivity index (χ0n) is 6.67. The van der Waals surface area contributed by atoms with Crippen molar-refractivity contribution >= 4 is 23.2 Å². The van der Waals surface area contributed by atoms with Crippen molar-refractivity contribution in [3.8, 4) is 11.4 Å². The van der Waals surface area contributed by atoms with Crippen molar-refractivity contribution in [1.29, 1.82) is 0 Å². The van der Waals surface area contributed by atoms with Gasteiger partial charge in [-0.05, 0) is 29.8 Å². The van der Waals surface area contributed by atoms with E-state index in [4.69, 9.17) is 23.2 Å². The van der Waals surface area contributed by atoms with Crippen LogP contribution in [0.1, 0.15) is 0 Å². The van der Waals surface area contributed by atoms with Crippen LogP contribution in [0.2, 0.25) is 10.4 Å². The highest BCUT2D eigenvalue weighted by Gasteiger charge is 2.08. The summed E-state index contributed by atoms with van der Waals surface area (Å²) >= 11 is 11.1. The zero-order valence-corrected chi connectivity index (χ0v) is 8.18. The Morgan fingerprint density at radius 3 is 2.57 bits per heavy atom. The highest BCUT2D eigenvalue weighted by Crippen LogP contribution is 2.22. The number of halogens is 3. The quantitative estimate of drug-likeness (QED) is 0.759. The fraction of sp³-hybridized carbons (Fsp3) is 0. The van der Waals surface area contributed by atoms with Gasteiger partial charge in [-0.25, -0.2) is 4.39 Å². The molecule has 0 amide bonds. The molecule has 72 valence electrons. The Morgan fingerprint density at radius 1 is 1.21 bits per heavy atom. The van der Waals surface area contributed by atoms with Crippen LogP contribution in [0.4, 0.5) is 4.39 Å². The molecular formula is C8H3Cl2FN2O.